The first-order chi connectivity index (χ1) is 9.69. The summed E-state index contributed by atoms with van der Waals surface area (Å²) in [4.78, 5) is 11.0. The number of nitrogens with one attached hydrogen (secondary N) is 1. The summed E-state index contributed by atoms with van der Waals surface area (Å²) in [7, 11) is 3.93. The molecule has 20 heavy (non-hydrogen) atoms. The van der Waals surface area contributed by atoms with Gasteiger partial charge in [-0.05, 0) is 31.8 Å². The van der Waals surface area contributed by atoms with Gasteiger partial charge in [0.05, 0.1) is 6.54 Å². The summed E-state index contributed by atoms with van der Waals surface area (Å²) in [5.74, 6) is 3.07. The van der Waals surface area contributed by atoms with Gasteiger partial charge in [-0.25, -0.2) is 4.98 Å². The van der Waals surface area contributed by atoms with Crippen LogP contribution in [0.4, 0.5) is 0 Å². The van der Waals surface area contributed by atoms with Crippen molar-refractivity contribution < 1.29 is 0 Å². The number of hydrogen-bond donors (Lipinski definition) is 1. The lowest BCUT2D eigenvalue weighted by atomic mass is 10.3. The van der Waals surface area contributed by atoms with E-state index in [4.69, 9.17) is 0 Å². The molecule has 0 unspecified atom stereocenters. The summed E-state index contributed by atoms with van der Waals surface area (Å²) >= 11 is 1.89. The number of aliphatic imine (C=N–C) groups is 1. The molecular formula is C13H26N6S. The van der Waals surface area contributed by atoms with Crippen molar-refractivity contribution in [1.82, 2.24) is 25.0 Å². The molecule has 0 atom stereocenters. The minimum Gasteiger partial charge on any atom is -0.357 e. The van der Waals surface area contributed by atoms with E-state index in [-0.39, 0.29) is 0 Å². The molecule has 1 aromatic rings. The second kappa shape index (κ2) is 9.63. The molecule has 7 heteroatoms. The lowest BCUT2D eigenvalue weighted by molar-refractivity contribution is 0.448. The normalized spacial score (nSPS) is 11.7. The molecule has 0 fully saturated rings. The maximum absolute atomic E-state index is 4.66. The molecule has 0 amide bonds. The van der Waals surface area contributed by atoms with Crippen molar-refractivity contribution in [2.24, 2.45) is 12.0 Å². The van der Waals surface area contributed by atoms with Crippen LogP contribution < -0.4 is 5.32 Å². The molecule has 114 valence electrons. The zero-order valence-electron chi connectivity index (χ0n) is 13.0. The van der Waals surface area contributed by atoms with Crippen LogP contribution in [0.2, 0.25) is 0 Å². The third-order valence-corrected chi connectivity index (χ3v) is 3.60. The minimum atomic E-state index is 0.702. The summed E-state index contributed by atoms with van der Waals surface area (Å²) in [6.07, 6.45) is 6.07. The molecule has 0 aliphatic heterocycles. The molecule has 0 spiro atoms. The first kappa shape index (κ1) is 16.8. The number of nitrogens with zero attached hydrogens (tertiary/aromatic N) is 5. The Labute approximate surface area is 126 Å². The highest BCUT2D eigenvalue weighted by molar-refractivity contribution is 7.98. The van der Waals surface area contributed by atoms with Gasteiger partial charge < -0.3 is 10.2 Å². The van der Waals surface area contributed by atoms with Gasteiger partial charge in [-0.3, -0.25) is 9.67 Å². The molecule has 6 nitrogen and oxygen atoms in total. The average molecular weight is 298 g/mol. The number of guanidine groups is 1. The Balaban J connectivity index is 2.51. The molecule has 1 N–H and O–H groups in total. The van der Waals surface area contributed by atoms with Crippen LogP contribution in [-0.2, 0) is 13.6 Å². The average Bonchev–Trinajstić information content (AvgIpc) is 2.83. The molecule has 0 saturated carbocycles. The van der Waals surface area contributed by atoms with Gasteiger partial charge in [0.25, 0.3) is 0 Å². The highest BCUT2D eigenvalue weighted by atomic mass is 32.2. The Morgan fingerprint density at radius 3 is 2.90 bits per heavy atom. The SMILES string of the molecule is CCNC(=NCCCCSC)N(C)Cc1ncnn1C. The Morgan fingerprint density at radius 2 is 2.30 bits per heavy atom. The second-order valence-corrected chi connectivity index (χ2v) is 5.58. The number of aryl methyl sites for hydroxylation is 1. The second-order valence-electron chi connectivity index (χ2n) is 4.59. The van der Waals surface area contributed by atoms with Gasteiger partial charge in [0.2, 0.25) is 0 Å². The number of thioether (sulfide) groups is 1. The van der Waals surface area contributed by atoms with E-state index in [1.807, 2.05) is 25.9 Å². The van der Waals surface area contributed by atoms with Crippen molar-refractivity contribution in [2.75, 3.05) is 32.1 Å². The summed E-state index contributed by atoms with van der Waals surface area (Å²) in [6.45, 7) is 4.52. The molecule has 1 heterocycles. The maximum Gasteiger partial charge on any atom is 0.194 e. The molecule has 0 saturated heterocycles. The van der Waals surface area contributed by atoms with E-state index in [1.165, 1.54) is 12.2 Å². The van der Waals surface area contributed by atoms with E-state index in [9.17, 15) is 0 Å². The van der Waals surface area contributed by atoms with Crippen molar-refractivity contribution in [3.63, 3.8) is 0 Å². The molecule has 0 radical (unpaired) electrons. The van der Waals surface area contributed by atoms with E-state index in [2.05, 4.69) is 38.5 Å². The molecule has 0 aliphatic carbocycles. The lowest BCUT2D eigenvalue weighted by Gasteiger charge is -2.21. The highest BCUT2D eigenvalue weighted by Crippen LogP contribution is 2.01. The van der Waals surface area contributed by atoms with Crippen LogP contribution >= 0.6 is 11.8 Å². The predicted octanol–water partition coefficient (Wildman–Crippen LogP) is 1.36. The van der Waals surface area contributed by atoms with Crippen molar-refractivity contribution in [3.8, 4) is 0 Å². The van der Waals surface area contributed by atoms with E-state index in [1.54, 1.807) is 11.0 Å². The predicted molar refractivity (Wildman–Crippen MR) is 86.1 cm³/mol. The molecule has 1 aromatic heterocycles. The number of hydrogen-bond acceptors (Lipinski definition) is 4. The summed E-state index contributed by atoms with van der Waals surface area (Å²) in [5, 5.41) is 7.41. The third-order valence-electron chi connectivity index (χ3n) is 2.90. The molecular weight excluding hydrogens is 272 g/mol. The standard InChI is InChI=1S/C13H26N6S/c1-5-14-13(15-8-6-7-9-20-4)18(2)10-12-16-11-17-19(12)3/h11H,5-10H2,1-4H3,(H,14,15). The van der Waals surface area contributed by atoms with Crippen molar-refractivity contribution in [2.45, 2.75) is 26.3 Å². The van der Waals surface area contributed by atoms with Gasteiger partial charge in [-0.15, -0.1) is 0 Å². The van der Waals surface area contributed by atoms with Gasteiger partial charge in [-0.1, -0.05) is 0 Å². The van der Waals surface area contributed by atoms with Crippen LogP contribution in [0.25, 0.3) is 0 Å². The van der Waals surface area contributed by atoms with Gasteiger partial charge in [0.1, 0.15) is 12.2 Å². The van der Waals surface area contributed by atoms with E-state index < -0.39 is 0 Å². The fourth-order valence-electron chi connectivity index (χ4n) is 1.76. The fourth-order valence-corrected chi connectivity index (χ4v) is 2.26. The lowest BCUT2D eigenvalue weighted by Crippen LogP contribution is -2.39. The van der Waals surface area contributed by atoms with Crippen LogP contribution in [0.5, 0.6) is 0 Å². The van der Waals surface area contributed by atoms with Crippen LogP contribution in [-0.4, -0.2) is 57.8 Å². The summed E-state index contributed by atoms with van der Waals surface area (Å²) in [6, 6.07) is 0. The van der Waals surface area contributed by atoms with Gasteiger partial charge in [0.15, 0.2) is 5.96 Å². The van der Waals surface area contributed by atoms with Gasteiger partial charge >= 0.3 is 0 Å². The Bertz CT molecular complexity index is 403. The Morgan fingerprint density at radius 1 is 1.50 bits per heavy atom. The smallest absolute Gasteiger partial charge is 0.194 e. The summed E-state index contributed by atoms with van der Waals surface area (Å²) < 4.78 is 1.79. The van der Waals surface area contributed by atoms with Crippen molar-refractivity contribution in [3.05, 3.63) is 12.2 Å². The Kier molecular flexibility index (Phi) is 8.10. The van der Waals surface area contributed by atoms with Gasteiger partial charge in [-0.2, -0.15) is 16.9 Å². The quantitative estimate of drug-likeness (QED) is 0.446. The van der Waals surface area contributed by atoms with Crippen LogP contribution in [0.3, 0.4) is 0 Å². The number of unbranched alkanes of at least 4 members (excludes halogenated alkanes) is 1. The van der Waals surface area contributed by atoms with Crippen LogP contribution in [0, 0.1) is 0 Å². The molecule has 1 rings (SSSR count). The monoisotopic (exact) mass is 298 g/mol. The molecule has 0 bridgehead atoms. The largest absolute Gasteiger partial charge is 0.357 e. The van der Waals surface area contributed by atoms with Crippen molar-refractivity contribution >= 4 is 17.7 Å². The first-order valence-electron chi connectivity index (χ1n) is 7.00. The highest BCUT2D eigenvalue weighted by Gasteiger charge is 2.09. The molecule has 0 aromatic carbocycles. The van der Waals surface area contributed by atoms with Crippen LogP contribution in [0.1, 0.15) is 25.6 Å². The Hall–Kier alpha value is -1.24. The van der Waals surface area contributed by atoms with Crippen molar-refractivity contribution in [1.29, 1.82) is 0 Å². The van der Waals surface area contributed by atoms with E-state index in [0.29, 0.717) is 6.54 Å². The fraction of sp³-hybridized carbons (Fsp3) is 0.769. The zero-order chi connectivity index (χ0) is 14.8. The van der Waals surface area contributed by atoms with Crippen LogP contribution in [0.15, 0.2) is 11.3 Å². The number of aromatic nitrogens is 3. The summed E-state index contributed by atoms with van der Waals surface area (Å²) in [5.41, 5.74) is 0. The van der Waals surface area contributed by atoms with E-state index in [0.717, 1.165) is 31.3 Å². The zero-order valence-corrected chi connectivity index (χ0v) is 13.8. The maximum atomic E-state index is 4.66. The topological polar surface area (TPSA) is 58.3 Å². The molecule has 0 aliphatic rings. The van der Waals surface area contributed by atoms with Gasteiger partial charge in [0, 0.05) is 27.2 Å². The third kappa shape index (κ3) is 5.81. The van der Waals surface area contributed by atoms with E-state index >= 15 is 0 Å². The first-order valence-corrected chi connectivity index (χ1v) is 8.39. The minimum absolute atomic E-state index is 0.702. The number of rotatable bonds is 8.